The van der Waals surface area contributed by atoms with Crippen molar-refractivity contribution >= 4 is 27.5 Å². The minimum atomic E-state index is -0.179. The summed E-state index contributed by atoms with van der Waals surface area (Å²) in [4.78, 5) is 21.0. The maximum Gasteiger partial charge on any atom is 0.261 e. The Morgan fingerprint density at radius 2 is 2.14 bits per heavy atom. The van der Waals surface area contributed by atoms with Gasteiger partial charge in [0.25, 0.3) is 5.91 Å². The van der Waals surface area contributed by atoms with Crippen LogP contribution in [0.3, 0.4) is 0 Å². The molecule has 1 fully saturated rings. The van der Waals surface area contributed by atoms with Crippen molar-refractivity contribution in [3.05, 3.63) is 64.7 Å². The summed E-state index contributed by atoms with van der Waals surface area (Å²) in [7, 11) is 0. The van der Waals surface area contributed by atoms with E-state index < -0.39 is 0 Å². The minimum Gasteiger partial charge on any atom is -0.395 e. The highest BCUT2D eigenvalue weighted by molar-refractivity contribution is 7.20. The number of fused-ring (bicyclic) bond motifs is 1. The lowest BCUT2D eigenvalue weighted by molar-refractivity contribution is -0.0289. The third kappa shape index (κ3) is 4.64. The van der Waals surface area contributed by atoms with Gasteiger partial charge in [-0.2, -0.15) is 0 Å². The summed E-state index contributed by atoms with van der Waals surface area (Å²) in [5, 5.41) is 12.8. The summed E-state index contributed by atoms with van der Waals surface area (Å²) < 4.78 is 6.12. The number of pyridine rings is 1. The van der Waals surface area contributed by atoms with Crippen molar-refractivity contribution in [2.45, 2.75) is 12.5 Å². The van der Waals surface area contributed by atoms with Crippen molar-refractivity contribution in [2.75, 3.05) is 39.4 Å². The third-order valence-corrected chi connectivity index (χ3v) is 6.27. The SMILES string of the molecule is O=C(NCCO)c1sc2ncccc2c1[C@@H]1CN(CCc2ccccc2)CCO1. The van der Waals surface area contributed by atoms with E-state index >= 15 is 0 Å². The molecular formula is C22H25N3O3S. The van der Waals surface area contributed by atoms with E-state index in [1.54, 1.807) is 6.20 Å². The van der Waals surface area contributed by atoms with Gasteiger partial charge in [0.15, 0.2) is 0 Å². The van der Waals surface area contributed by atoms with Gasteiger partial charge in [-0.05, 0) is 18.1 Å². The van der Waals surface area contributed by atoms with Crippen LogP contribution in [0.2, 0.25) is 0 Å². The minimum absolute atomic E-state index is 0.0859. The van der Waals surface area contributed by atoms with Crippen molar-refractivity contribution in [1.29, 1.82) is 0 Å². The van der Waals surface area contributed by atoms with Crippen LogP contribution in [0.4, 0.5) is 0 Å². The van der Waals surface area contributed by atoms with Crippen molar-refractivity contribution < 1.29 is 14.6 Å². The molecule has 0 unspecified atom stereocenters. The molecule has 152 valence electrons. The molecule has 2 aromatic heterocycles. The lowest BCUT2D eigenvalue weighted by Crippen LogP contribution is -2.40. The second kappa shape index (κ2) is 9.45. The number of rotatable bonds is 7. The number of amides is 1. The van der Waals surface area contributed by atoms with Gasteiger partial charge < -0.3 is 15.2 Å². The fraction of sp³-hybridized carbons (Fsp3) is 0.364. The van der Waals surface area contributed by atoms with Crippen molar-refractivity contribution in [3.63, 3.8) is 0 Å². The molecule has 1 aliphatic heterocycles. The van der Waals surface area contributed by atoms with E-state index in [4.69, 9.17) is 9.84 Å². The molecule has 7 heteroatoms. The maximum atomic E-state index is 12.7. The zero-order valence-corrected chi connectivity index (χ0v) is 17.0. The summed E-state index contributed by atoms with van der Waals surface area (Å²) in [5.41, 5.74) is 2.24. The Kier molecular flexibility index (Phi) is 6.51. The Balaban J connectivity index is 1.55. The molecule has 1 saturated heterocycles. The quantitative estimate of drug-likeness (QED) is 0.625. The highest BCUT2D eigenvalue weighted by Crippen LogP contribution is 2.37. The largest absolute Gasteiger partial charge is 0.395 e. The average molecular weight is 412 g/mol. The molecule has 1 aromatic carbocycles. The number of aliphatic hydroxyl groups excluding tert-OH is 1. The van der Waals surface area contributed by atoms with E-state index in [2.05, 4.69) is 39.5 Å². The lowest BCUT2D eigenvalue weighted by atomic mass is 10.0. The highest BCUT2D eigenvalue weighted by Gasteiger charge is 2.29. The van der Waals surface area contributed by atoms with Crippen molar-refractivity contribution in [1.82, 2.24) is 15.2 Å². The number of benzene rings is 1. The number of hydrogen-bond donors (Lipinski definition) is 2. The van der Waals surface area contributed by atoms with Crippen LogP contribution in [0.15, 0.2) is 48.7 Å². The number of carbonyl (C=O) groups excluding carboxylic acids is 1. The van der Waals surface area contributed by atoms with Crippen LogP contribution in [0.1, 0.15) is 26.9 Å². The normalized spacial score (nSPS) is 17.5. The maximum absolute atomic E-state index is 12.7. The van der Waals surface area contributed by atoms with Gasteiger partial charge in [-0.15, -0.1) is 11.3 Å². The Labute approximate surface area is 174 Å². The van der Waals surface area contributed by atoms with E-state index in [9.17, 15) is 4.79 Å². The molecule has 1 atom stereocenters. The summed E-state index contributed by atoms with van der Waals surface area (Å²) in [6.45, 7) is 3.36. The predicted molar refractivity (Wildman–Crippen MR) is 114 cm³/mol. The van der Waals surface area contributed by atoms with Crippen LogP contribution in [-0.4, -0.2) is 60.3 Å². The molecule has 0 saturated carbocycles. The summed E-state index contributed by atoms with van der Waals surface area (Å²) >= 11 is 1.38. The van der Waals surface area contributed by atoms with Gasteiger partial charge in [0.05, 0.1) is 19.3 Å². The molecule has 0 aliphatic carbocycles. The zero-order chi connectivity index (χ0) is 20.1. The number of ether oxygens (including phenoxy) is 1. The van der Waals surface area contributed by atoms with E-state index in [1.807, 2.05) is 18.2 Å². The molecule has 29 heavy (non-hydrogen) atoms. The molecule has 0 spiro atoms. The summed E-state index contributed by atoms with van der Waals surface area (Å²) in [6, 6.07) is 14.4. The Hall–Kier alpha value is -2.32. The third-order valence-electron chi connectivity index (χ3n) is 5.14. The van der Waals surface area contributed by atoms with Crippen LogP contribution < -0.4 is 5.32 Å². The van der Waals surface area contributed by atoms with Gasteiger partial charge >= 0.3 is 0 Å². The van der Waals surface area contributed by atoms with Crippen LogP contribution in [0.25, 0.3) is 10.2 Å². The molecular weight excluding hydrogens is 386 g/mol. The fourth-order valence-electron chi connectivity index (χ4n) is 3.70. The summed E-state index contributed by atoms with van der Waals surface area (Å²) in [5.74, 6) is -0.179. The molecule has 0 radical (unpaired) electrons. The van der Waals surface area contributed by atoms with Crippen LogP contribution in [0, 0.1) is 0 Å². The zero-order valence-electron chi connectivity index (χ0n) is 16.2. The number of thiophene rings is 1. The average Bonchev–Trinajstić information content (AvgIpc) is 3.17. The van der Waals surface area contributed by atoms with Crippen LogP contribution in [-0.2, 0) is 11.2 Å². The van der Waals surface area contributed by atoms with E-state index in [1.165, 1.54) is 16.9 Å². The number of nitrogens with one attached hydrogen (secondary N) is 1. The molecule has 3 aromatic rings. The molecule has 3 heterocycles. The first-order valence-electron chi connectivity index (χ1n) is 9.90. The van der Waals surface area contributed by atoms with Gasteiger partial charge in [0, 0.05) is 43.3 Å². The highest BCUT2D eigenvalue weighted by atomic mass is 32.1. The van der Waals surface area contributed by atoms with E-state index in [-0.39, 0.29) is 25.2 Å². The molecule has 2 N–H and O–H groups in total. The van der Waals surface area contributed by atoms with E-state index in [0.29, 0.717) is 11.5 Å². The Bertz CT molecular complexity index is 960. The van der Waals surface area contributed by atoms with E-state index in [0.717, 1.165) is 41.8 Å². The van der Waals surface area contributed by atoms with Crippen molar-refractivity contribution in [2.24, 2.45) is 0 Å². The van der Waals surface area contributed by atoms with Gasteiger partial charge in [-0.3, -0.25) is 9.69 Å². The lowest BCUT2D eigenvalue weighted by Gasteiger charge is -2.33. The molecule has 0 bridgehead atoms. The first-order valence-corrected chi connectivity index (χ1v) is 10.7. The monoisotopic (exact) mass is 411 g/mol. The fourth-order valence-corrected chi connectivity index (χ4v) is 4.81. The molecule has 6 nitrogen and oxygen atoms in total. The Morgan fingerprint density at radius 1 is 1.28 bits per heavy atom. The van der Waals surface area contributed by atoms with Gasteiger partial charge in [0.1, 0.15) is 9.71 Å². The first-order chi connectivity index (χ1) is 14.3. The van der Waals surface area contributed by atoms with Crippen LogP contribution >= 0.6 is 11.3 Å². The number of hydrogen-bond acceptors (Lipinski definition) is 6. The second-order valence-corrected chi connectivity index (χ2v) is 8.08. The predicted octanol–water partition coefficient (Wildman–Crippen LogP) is 2.63. The number of aliphatic hydroxyl groups is 1. The molecule has 1 aliphatic rings. The molecule has 1 amide bonds. The smallest absolute Gasteiger partial charge is 0.261 e. The van der Waals surface area contributed by atoms with Crippen molar-refractivity contribution in [3.8, 4) is 0 Å². The topological polar surface area (TPSA) is 74.7 Å². The van der Waals surface area contributed by atoms with Gasteiger partial charge in [-0.25, -0.2) is 4.98 Å². The first kappa shape index (κ1) is 20.0. The summed E-state index contributed by atoms with van der Waals surface area (Å²) in [6.07, 6.45) is 2.56. The number of aromatic nitrogens is 1. The van der Waals surface area contributed by atoms with Crippen LogP contribution in [0.5, 0.6) is 0 Å². The Morgan fingerprint density at radius 3 is 2.97 bits per heavy atom. The number of nitrogens with zero attached hydrogens (tertiary/aromatic N) is 2. The van der Waals surface area contributed by atoms with Gasteiger partial charge in [-0.1, -0.05) is 36.4 Å². The number of carbonyl (C=O) groups is 1. The standard InChI is InChI=1S/C22H25N3O3S/c26-13-10-23-21(27)20-19(17-7-4-9-24-22(17)29-20)18-15-25(12-14-28-18)11-8-16-5-2-1-3-6-16/h1-7,9,18,26H,8,10-15H2,(H,23,27)/t18-/m0/s1. The number of morpholine rings is 1. The van der Waals surface area contributed by atoms with Gasteiger partial charge in [0.2, 0.25) is 0 Å². The molecule has 4 rings (SSSR count). The second-order valence-electron chi connectivity index (χ2n) is 7.08.